The minimum Gasteiger partial charge on any atom is -0.393 e. The first-order chi connectivity index (χ1) is 8.15. The molecule has 0 bridgehead atoms. The number of hydrogen-bond donors (Lipinski definition) is 2. The topological polar surface area (TPSA) is 35.5 Å². The number of nitrogens with one attached hydrogen (secondary N) is 1. The monoisotopic (exact) mass is 240 g/mol. The van der Waals surface area contributed by atoms with E-state index in [9.17, 15) is 5.11 Å². The van der Waals surface area contributed by atoms with Crippen molar-refractivity contribution < 1.29 is 5.11 Å². The van der Waals surface area contributed by atoms with Gasteiger partial charge < -0.3 is 15.3 Å². The maximum atomic E-state index is 9.51. The summed E-state index contributed by atoms with van der Waals surface area (Å²) in [6, 6.07) is 0.640. The predicted octanol–water partition coefficient (Wildman–Crippen LogP) is 1.47. The largest absolute Gasteiger partial charge is 0.393 e. The normalized spacial score (nSPS) is 34.1. The molecule has 0 amide bonds. The maximum Gasteiger partial charge on any atom is 0.0543 e. The van der Waals surface area contributed by atoms with Crippen LogP contribution in [0.5, 0.6) is 0 Å². The third-order valence-corrected chi connectivity index (χ3v) is 4.71. The summed E-state index contributed by atoms with van der Waals surface area (Å²) in [5.41, 5.74) is 0. The van der Waals surface area contributed by atoms with Gasteiger partial charge in [0.1, 0.15) is 0 Å². The molecule has 0 radical (unpaired) electrons. The van der Waals surface area contributed by atoms with Crippen molar-refractivity contribution in [3.8, 4) is 0 Å². The van der Waals surface area contributed by atoms with E-state index in [1.807, 2.05) is 0 Å². The second-order valence-corrected chi connectivity index (χ2v) is 6.17. The fraction of sp³-hybridized carbons (Fsp3) is 1.00. The van der Waals surface area contributed by atoms with Crippen LogP contribution in [-0.4, -0.2) is 48.8 Å². The summed E-state index contributed by atoms with van der Waals surface area (Å²) in [5, 5.41) is 13.2. The van der Waals surface area contributed by atoms with E-state index in [0.29, 0.717) is 12.0 Å². The average molecular weight is 240 g/mol. The summed E-state index contributed by atoms with van der Waals surface area (Å²) in [7, 11) is 2.22. The van der Waals surface area contributed by atoms with Crippen LogP contribution in [0.15, 0.2) is 0 Å². The lowest BCUT2D eigenvalue weighted by molar-refractivity contribution is 0.172. The maximum absolute atomic E-state index is 9.51. The highest BCUT2D eigenvalue weighted by Gasteiger charge is 2.25. The zero-order chi connectivity index (χ0) is 12.3. The van der Waals surface area contributed by atoms with Crippen molar-refractivity contribution in [3.05, 3.63) is 0 Å². The Labute approximate surface area is 106 Å². The van der Waals surface area contributed by atoms with Crippen LogP contribution in [0, 0.1) is 11.8 Å². The second-order valence-electron chi connectivity index (χ2n) is 6.17. The van der Waals surface area contributed by atoms with E-state index in [1.54, 1.807) is 0 Å². The van der Waals surface area contributed by atoms with E-state index in [2.05, 4.69) is 24.2 Å². The van der Waals surface area contributed by atoms with Crippen molar-refractivity contribution in [1.29, 1.82) is 0 Å². The fourth-order valence-corrected chi connectivity index (χ4v) is 3.28. The summed E-state index contributed by atoms with van der Waals surface area (Å²) in [6.45, 7) is 5.93. The standard InChI is InChI=1S/C14H28N2O/c1-11(13-5-7-16(2)8-6-13)15-10-12-3-4-14(17)9-12/h11-15,17H,3-10H2,1-2H3. The minimum atomic E-state index is -0.0274. The second kappa shape index (κ2) is 6.17. The first-order valence-electron chi connectivity index (χ1n) is 7.25. The Bertz CT molecular complexity index is 226. The van der Waals surface area contributed by atoms with Crippen molar-refractivity contribution in [2.45, 2.75) is 51.2 Å². The molecule has 1 saturated heterocycles. The molecule has 0 aromatic carbocycles. The Kier molecular flexibility index (Phi) is 4.83. The molecule has 2 aliphatic rings. The first kappa shape index (κ1) is 13.3. The molecule has 0 aromatic heterocycles. The van der Waals surface area contributed by atoms with Crippen LogP contribution in [0.1, 0.15) is 39.0 Å². The molecule has 1 heterocycles. The summed E-state index contributed by atoms with van der Waals surface area (Å²) >= 11 is 0. The molecule has 2 N–H and O–H groups in total. The quantitative estimate of drug-likeness (QED) is 0.781. The zero-order valence-corrected chi connectivity index (χ0v) is 11.4. The van der Waals surface area contributed by atoms with Gasteiger partial charge in [-0.05, 0) is 77.5 Å². The van der Waals surface area contributed by atoms with Crippen LogP contribution in [0.4, 0.5) is 0 Å². The first-order valence-corrected chi connectivity index (χ1v) is 7.25. The number of hydrogen-bond acceptors (Lipinski definition) is 3. The Morgan fingerprint density at radius 1 is 1.24 bits per heavy atom. The predicted molar refractivity (Wildman–Crippen MR) is 71.0 cm³/mol. The number of piperidine rings is 1. The summed E-state index contributed by atoms with van der Waals surface area (Å²) in [4.78, 5) is 2.43. The Morgan fingerprint density at radius 2 is 1.94 bits per heavy atom. The number of aliphatic hydroxyl groups excluding tert-OH is 1. The van der Waals surface area contributed by atoms with Gasteiger partial charge in [-0.2, -0.15) is 0 Å². The Hall–Kier alpha value is -0.120. The number of aliphatic hydroxyl groups is 1. The lowest BCUT2D eigenvalue weighted by Crippen LogP contribution is -2.42. The smallest absolute Gasteiger partial charge is 0.0543 e. The van der Waals surface area contributed by atoms with Crippen LogP contribution >= 0.6 is 0 Å². The third-order valence-electron chi connectivity index (χ3n) is 4.71. The van der Waals surface area contributed by atoms with E-state index < -0.39 is 0 Å². The van der Waals surface area contributed by atoms with Gasteiger partial charge in [-0.1, -0.05) is 0 Å². The number of nitrogens with zero attached hydrogens (tertiary/aromatic N) is 1. The van der Waals surface area contributed by atoms with Gasteiger partial charge in [0.2, 0.25) is 0 Å². The van der Waals surface area contributed by atoms with Gasteiger partial charge in [0.15, 0.2) is 0 Å². The van der Waals surface area contributed by atoms with Crippen LogP contribution < -0.4 is 5.32 Å². The Balaban J connectivity index is 1.65. The molecular weight excluding hydrogens is 212 g/mol. The molecule has 2 fully saturated rings. The van der Waals surface area contributed by atoms with E-state index in [0.717, 1.165) is 25.3 Å². The van der Waals surface area contributed by atoms with Crippen LogP contribution in [0.25, 0.3) is 0 Å². The van der Waals surface area contributed by atoms with E-state index in [1.165, 1.54) is 32.4 Å². The van der Waals surface area contributed by atoms with Gasteiger partial charge >= 0.3 is 0 Å². The molecule has 3 nitrogen and oxygen atoms in total. The molecule has 1 aliphatic heterocycles. The minimum absolute atomic E-state index is 0.0274. The third kappa shape index (κ3) is 3.94. The zero-order valence-electron chi connectivity index (χ0n) is 11.4. The molecule has 3 heteroatoms. The van der Waals surface area contributed by atoms with E-state index >= 15 is 0 Å². The molecular formula is C14H28N2O. The van der Waals surface area contributed by atoms with Crippen LogP contribution in [0.3, 0.4) is 0 Å². The van der Waals surface area contributed by atoms with Gasteiger partial charge in [-0.15, -0.1) is 0 Å². The molecule has 17 heavy (non-hydrogen) atoms. The van der Waals surface area contributed by atoms with Gasteiger partial charge in [0.25, 0.3) is 0 Å². The Morgan fingerprint density at radius 3 is 2.53 bits per heavy atom. The highest BCUT2D eigenvalue weighted by molar-refractivity contribution is 4.81. The van der Waals surface area contributed by atoms with Gasteiger partial charge in [-0.25, -0.2) is 0 Å². The number of rotatable bonds is 4. The molecule has 3 atom stereocenters. The van der Waals surface area contributed by atoms with E-state index in [-0.39, 0.29) is 6.10 Å². The summed E-state index contributed by atoms with van der Waals surface area (Å²) in [6.07, 6.45) is 5.85. The van der Waals surface area contributed by atoms with Crippen LogP contribution in [0.2, 0.25) is 0 Å². The molecule has 100 valence electrons. The highest BCUT2D eigenvalue weighted by atomic mass is 16.3. The summed E-state index contributed by atoms with van der Waals surface area (Å²) < 4.78 is 0. The highest BCUT2D eigenvalue weighted by Crippen LogP contribution is 2.25. The molecule has 0 aromatic rings. The molecule has 1 aliphatic carbocycles. The van der Waals surface area contributed by atoms with Crippen molar-refractivity contribution in [1.82, 2.24) is 10.2 Å². The fourth-order valence-electron chi connectivity index (χ4n) is 3.28. The van der Waals surface area contributed by atoms with Crippen molar-refractivity contribution >= 4 is 0 Å². The van der Waals surface area contributed by atoms with Crippen molar-refractivity contribution in [2.24, 2.45) is 11.8 Å². The molecule has 1 saturated carbocycles. The summed E-state index contributed by atoms with van der Waals surface area (Å²) in [5.74, 6) is 1.55. The van der Waals surface area contributed by atoms with Gasteiger partial charge in [0, 0.05) is 6.04 Å². The SMILES string of the molecule is CC(NCC1CCC(O)C1)C1CCN(C)CC1. The average Bonchev–Trinajstić information content (AvgIpc) is 2.73. The van der Waals surface area contributed by atoms with Crippen molar-refractivity contribution in [3.63, 3.8) is 0 Å². The van der Waals surface area contributed by atoms with Crippen LogP contribution in [-0.2, 0) is 0 Å². The molecule has 2 rings (SSSR count). The number of likely N-dealkylation sites (tertiary alicyclic amines) is 1. The molecule has 0 spiro atoms. The molecule has 3 unspecified atom stereocenters. The lowest BCUT2D eigenvalue weighted by atomic mass is 9.90. The van der Waals surface area contributed by atoms with Gasteiger partial charge in [-0.3, -0.25) is 0 Å². The van der Waals surface area contributed by atoms with E-state index in [4.69, 9.17) is 0 Å². The lowest BCUT2D eigenvalue weighted by Gasteiger charge is -2.33. The van der Waals surface area contributed by atoms with Gasteiger partial charge in [0.05, 0.1) is 6.10 Å². The van der Waals surface area contributed by atoms with Crippen molar-refractivity contribution in [2.75, 3.05) is 26.7 Å².